The van der Waals surface area contributed by atoms with Crippen LogP contribution in [0, 0.1) is 11.6 Å². The van der Waals surface area contributed by atoms with Gasteiger partial charge in [-0.15, -0.1) is 0 Å². The van der Waals surface area contributed by atoms with Crippen LogP contribution < -0.4 is 5.32 Å². The Hall–Kier alpha value is -2.07. The van der Waals surface area contributed by atoms with Crippen molar-refractivity contribution in [2.75, 3.05) is 26.2 Å². The molecule has 1 atom stereocenters. The van der Waals surface area contributed by atoms with Crippen LogP contribution in [0.3, 0.4) is 0 Å². The molecule has 0 unspecified atom stereocenters. The Morgan fingerprint density at radius 1 is 1.16 bits per heavy atom. The van der Waals surface area contributed by atoms with E-state index in [4.69, 9.17) is 0 Å². The number of sulfonamides is 1. The Balaban J connectivity index is 1.68. The highest BCUT2D eigenvalue weighted by Crippen LogP contribution is 2.22. The number of amides is 2. The average molecular weight is 373 g/mol. The number of rotatable bonds is 3. The number of benzene rings is 1. The van der Waals surface area contributed by atoms with Gasteiger partial charge in [0, 0.05) is 32.6 Å². The minimum Gasteiger partial charge on any atom is -0.344 e. The fourth-order valence-corrected chi connectivity index (χ4v) is 4.48. The number of hydrogen-bond donors (Lipinski definition) is 1. The molecule has 136 valence electrons. The summed E-state index contributed by atoms with van der Waals surface area (Å²) >= 11 is 0. The second-order valence-corrected chi connectivity index (χ2v) is 7.87. The molecular weight excluding hydrogens is 356 g/mol. The van der Waals surface area contributed by atoms with Crippen molar-refractivity contribution in [2.45, 2.75) is 23.8 Å². The predicted octanol–water partition coefficient (Wildman–Crippen LogP) is 0.0763. The van der Waals surface area contributed by atoms with Crippen molar-refractivity contribution in [3.63, 3.8) is 0 Å². The summed E-state index contributed by atoms with van der Waals surface area (Å²) < 4.78 is 53.1. The minimum atomic E-state index is -4.18. The first-order chi connectivity index (χ1) is 11.8. The number of carbonyl (C=O) groups is 2. The lowest BCUT2D eigenvalue weighted by atomic mass is 10.2. The van der Waals surface area contributed by atoms with Gasteiger partial charge in [-0.25, -0.2) is 17.2 Å². The lowest BCUT2D eigenvalue weighted by molar-refractivity contribution is -0.135. The Labute approximate surface area is 143 Å². The van der Waals surface area contributed by atoms with Crippen LogP contribution in [0.1, 0.15) is 12.8 Å². The molecule has 2 saturated heterocycles. The standard InChI is InChI=1S/C15H17F2N3O4S/c16-10-1-2-11(17)13(9-10)25(23,24)20-7-5-19(6-8-20)15(22)12-3-4-14(21)18-12/h1-2,9,12H,3-8H2,(H,18,21)/t12-/m1/s1. The summed E-state index contributed by atoms with van der Waals surface area (Å²) in [6.07, 6.45) is 0.717. The van der Waals surface area contributed by atoms with Gasteiger partial charge in [-0.3, -0.25) is 9.59 Å². The molecule has 0 spiro atoms. The van der Waals surface area contributed by atoms with Crippen molar-refractivity contribution >= 4 is 21.8 Å². The van der Waals surface area contributed by atoms with Gasteiger partial charge in [-0.05, 0) is 24.6 Å². The number of nitrogens with zero attached hydrogens (tertiary/aromatic N) is 2. The molecule has 10 heteroatoms. The molecule has 0 bridgehead atoms. The van der Waals surface area contributed by atoms with Crippen molar-refractivity contribution in [2.24, 2.45) is 0 Å². The SMILES string of the molecule is O=C1CC[C@H](C(=O)N2CCN(S(=O)(=O)c3cc(F)ccc3F)CC2)N1. The quantitative estimate of drug-likeness (QED) is 0.813. The Bertz CT molecular complexity index is 807. The molecule has 3 rings (SSSR count). The molecule has 0 aromatic heterocycles. The zero-order valence-electron chi connectivity index (χ0n) is 13.2. The van der Waals surface area contributed by atoms with Crippen LogP contribution >= 0.6 is 0 Å². The van der Waals surface area contributed by atoms with Gasteiger partial charge < -0.3 is 10.2 Å². The largest absolute Gasteiger partial charge is 0.344 e. The first-order valence-electron chi connectivity index (χ1n) is 7.82. The van der Waals surface area contributed by atoms with E-state index in [0.717, 1.165) is 16.4 Å². The summed E-state index contributed by atoms with van der Waals surface area (Å²) in [4.78, 5) is 24.3. The summed E-state index contributed by atoms with van der Waals surface area (Å²) in [5, 5.41) is 2.58. The van der Waals surface area contributed by atoms with E-state index in [2.05, 4.69) is 5.32 Å². The zero-order valence-corrected chi connectivity index (χ0v) is 14.1. The van der Waals surface area contributed by atoms with E-state index in [-0.39, 0.29) is 38.0 Å². The molecule has 2 amide bonds. The topological polar surface area (TPSA) is 86.8 Å². The Kier molecular flexibility index (Phi) is 4.74. The lowest BCUT2D eigenvalue weighted by Gasteiger charge is -2.35. The summed E-state index contributed by atoms with van der Waals surface area (Å²) in [7, 11) is -4.18. The number of piperazine rings is 1. The molecule has 2 heterocycles. The highest BCUT2D eigenvalue weighted by atomic mass is 32.2. The highest BCUT2D eigenvalue weighted by Gasteiger charge is 2.35. The van der Waals surface area contributed by atoms with E-state index in [0.29, 0.717) is 18.9 Å². The molecule has 1 aromatic rings. The van der Waals surface area contributed by atoms with Crippen LogP contribution in [-0.2, 0) is 19.6 Å². The van der Waals surface area contributed by atoms with Gasteiger partial charge >= 0.3 is 0 Å². The van der Waals surface area contributed by atoms with Gasteiger partial charge in [-0.2, -0.15) is 4.31 Å². The first-order valence-corrected chi connectivity index (χ1v) is 9.26. The van der Waals surface area contributed by atoms with Crippen LogP contribution in [0.2, 0.25) is 0 Å². The molecule has 2 fully saturated rings. The van der Waals surface area contributed by atoms with Gasteiger partial charge in [-0.1, -0.05) is 0 Å². The van der Waals surface area contributed by atoms with Crippen molar-refractivity contribution in [1.29, 1.82) is 0 Å². The fraction of sp³-hybridized carbons (Fsp3) is 0.467. The summed E-state index contributed by atoms with van der Waals surface area (Å²) in [6, 6.07) is 1.69. The van der Waals surface area contributed by atoms with E-state index in [1.54, 1.807) is 0 Å². The van der Waals surface area contributed by atoms with E-state index >= 15 is 0 Å². The van der Waals surface area contributed by atoms with E-state index in [1.165, 1.54) is 4.90 Å². The van der Waals surface area contributed by atoms with E-state index < -0.39 is 32.6 Å². The van der Waals surface area contributed by atoms with E-state index in [9.17, 15) is 26.8 Å². The molecule has 0 radical (unpaired) electrons. The number of carbonyl (C=O) groups excluding carboxylic acids is 2. The normalized spacial score (nSPS) is 22.1. The van der Waals surface area contributed by atoms with Gasteiger partial charge in [0.1, 0.15) is 22.6 Å². The van der Waals surface area contributed by atoms with Crippen molar-refractivity contribution in [3.8, 4) is 0 Å². The third-order valence-electron chi connectivity index (χ3n) is 4.35. The second kappa shape index (κ2) is 6.68. The Morgan fingerprint density at radius 3 is 2.44 bits per heavy atom. The van der Waals surface area contributed by atoms with Crippen LogP contribution in [0.25, 0.3) is 0 Å². The molecule has 0 aliphatic carbocycles. The van der Waals surface area contributed by atoms with Crippen molar-refractivity contribution < 1.29 is 26.8 Å². The molecule has 2 aliphatic heterocycles. The molecule has 7 nitrogen and oxygen atoms in total. The van der Waals surface area contributed by atoms with Crippen LogP contribution in [0.15, 0.2) is 23.1 Å². The van der Waals surface area contributed by atoms with Crippen LogP contribution in [-0.4, -0.2) is 61.7 Å². The minimum absolute atomic E-state index is 0.0231. The maximum Gasteiger partial charge on any atom is 0.246 e. The molecule has 2 aliphatic rings. The zero-order chi connectivity index (χ0) is 18.2. The molecule has 0 saturated carbocycles. The van der Waals surface area contributed by atoms with Gasteiger partial charge in [0.2, 0.25) is 21.8 Å². The summed E-state index contributed by atoms with van der Waals surface area (Å²) in [6.45, 7) is 0.206. The number of nitrogens with one attached hydrogen (secondary N) is 1. The van der Waals surface area contributed by atoms with Gasteiger partial charge in [0.15, 0.2) is 0 Å². The number of halogens is 2. The first kappa shape index (κ1) is 17.7. The third kappa shape index (κ3) is 3.49. The maximum atomic E-state index is 13.8. The summed E-state index contributed by atoms with van der Waals surface area (Å²) in [5.41, 5.74) is 0. The van der Waals surface area contributed by atoms with Gasteiger partial charge in [0.25, 0.3) is 0 Å². The molecule has 1 N–H and O–H groups in total. The molecule has 25 heavy (non-hydrogen) atoms. The monoisotopic (exact) mass is 373 g/mol. The Morgan fingerprint density at radius 2 is 1.84 bits per heavy atom. The fourth-order valence-electron chi connectivity index (χ4n) is 2.98. The summed E-state index contributed by atoms with van der Waals surface area (Å²) in [5.74, 6) is -2.29. The smallest absolute Gasteiger partial charge is 0.246 e. The molecule has 1 aromatic carbocycles. The van der Waals surface area contributed by atoms with E-state index in [1.807, 2.05) is 0 Å². The van der Waals surface area contributed by atoms with Gasteiger partial charge in [0.05, 0.1) is 0 Å². The maximum absolute atomic E-state index is 13.8. The second-order valence-electron chi connectivity index (χ2n) is 5.96. The highest BCUT2D eigenvalue weighted by molar-refractivity contribution is 7.89. The van der Waals surface area contributed by atoms with Crippen molar-refractivity contribution in [1.82, 2.24) is 14.5 Å². The number of hydrogen-bond acceptors (Lipinski definition) is 4. The lowest BCUT2D eigenvalue weighted by Crippen LogP contribution is -2.54. The molecular formula is C15H17F2N3O4S. The van der Waals surface area contributed by atoms with Crippen LogP contribution in [0.4, 0.5) is 8.78 Å². The third-order valence-corrected chi connectivity index (χ3v) is 6.27. The average Bonchev–Trinajstić information content (AvgIpc) is 3.03. The van der Waals surface area contributed by atoms with Crippen molar-refractivity contribution in [3.05, 3.63) is 29.8 Å². The predicted molar refractivity (Wildman–Crippen MR) is 82.9 cm³/mol. The van der Waals surface area contributed by atoms with Crippen LogP contribution in [0.5, 0.6) is 0 Å².